The van der Waals surface area contributed by atoms with Crippen LogP contribution in [0.4, 0.5) is 0 Å². The molecule has 0 aliphatic carbocycles. The third kappa shape index (κ3) is 6.59. The smallest absolute Gasteiger partial charge is 0.220 e. The van der Waals surface area contributed by atoms with Crippen LogP contribution < -0.4 is 14.2 Å². The maximum absolute atomic E-state index is 11.6. The van der Waals surface area contributed by atoms with Crippen LogP contribution in [0.2, 0.25) is 0 Å². The second-order valence-corrected chi connectivity index (χ2v) is 9.27. The molecule has 4 rings (SSSR count). The fraction of sp³-hybridized carbons (Fsp3) is 0.259. The average molecular weight is 521 g/mol. The highest BCUT2D eigenvalue weighted by Crippen LogP contribution is 2.39. The third-order valence-electron chi connectivity index (χ3n) is 5.56. The number of thioether (sulfide) groups is 1. The van der Waals surface area contributed by atoms with Gasteiger partial charge < -0.3 is 14.2 Å². The highest BCUT2D eigenvalue weighted by Gasteiger charge is 2.25. The maximum atomic E-state index is 11.6. The first-order valence-electron chi connectivity index (χ1n) is 11.8. The van der Waals surface area contributed by atoms with Gasteiger partial charge in [0.05, 0.1) is 13.7 Å². The summed E-state index contributed by atoms with van der Waals surface area (Å²) in [6.45, 7) is 4.44. The van der Waals surface area contributed by atoms with Crippen molar-refractivity contribution >= 4 is 11.8 Å². The SMILES string of the molecule is CCOc1ccc(-n2c(C)nnc2S[C@H](C[N+](=O)[O-])c2ccc(OCc3ccccc3)c(OC)c2)cc1. The van der Waals surface area contributed by atoms with E-state index < -0.39 is 5.25 Å². The molecule has 1 aromatic heterocycles. The number of benzene rings is 3. The highest BCUT2D eigenvalue weighted by atomic mass is 32.2. The highest BCUT2D eigenvalue weighted by molar-refractivity contribution is 7.99. The number of nitro groups is 1. The van der Waals surface area contributed by atoms with E-state index in [-0.39, 0.29) is 11.5 Å². The molecule has 1 atom stereocenters. The minimum atomic E-state index is -0.530. The lowest BCUT2D eigenvalue weighted by atomic mass is 10.1. The van der Waals surface area contributed by atoms with Crippen molar-refractivity contribution in [3.63, 3.8) is 0 Å². The van der Waals surface area contributed by atoms with Crippen LogP contribution in [0.15, 0.2) is 78.0 Å². The third-order valence-corrected chi connectivity index (χ3v) is 6.74. The van der Waals surface area contributed by atoms with E-state index in [1.165, 1.54) is 11.8 Å². The van der Waals surface area contributed by atoms with Crippen LogP contribution in [0.5, 0.6) is 17.2 Å². The van der Waals surface area contributed by atoms with Crippen molar-refractivity contribution in [3.8, 4) is 22.9 Å². The average Bonchev–Trinajstić information content (AvgIpc) is 3.27. The Bertz CT molecular complexity index is 1330. The molecule has 1 heterocycles. The van der Waals surface area contributed by atoms with E-state index in [2.05, 4.69) is 10.2 Å². The molecule has 0 amide bonds. The zero-order chi connectivity index (χ0) is 26.2. The van der Waals surface area contributed by atoms with Gasteiger partial charge in [-0.15, -0.1) is 10.2 Å². The van der Waals surface area contributed by atoms with Crippen LogP contribution in [-0.2, 0) is 6.61 Å². The van der Waals surface area contributed by atoms with Gasteiger partial charge in [-0.3, -0.25) is 14.7 Å². The van der Waals surface area contributed by atoms with Crippen molar-refractivity contribution in [1.29, 1.82) is 0 Å². The predicted molar refractivity (Wildman–Crippen MR) is 141 cm³/mol. The molecular weight excluding hydrogens is 492 g/mol. The van der Waals surface area contributed by atoms with Crippen molar-refractivity contribution < 1.29 is 19.1 Å². The summed E-state index contributed by atoms with van der Waals surface area (Å²) in [6.07, 6.45) is 0. The lowest BCUT2D eigenvalue weighted by molar-refractivity contribution is -0.479. The Balaban J connectivity index is 1.59. The van der Waals surface area contributed by atoms with Crippen LogP contribution in [0.3, 0.4) is 0 Å². The molecule has 10 heteroatoms. The largest absolute Gasteiger partial charge is 0.494 e. The Morgan fingerprint density at radius 3 is 2.43 bits per heavy atom. The first kappa shape index (κ1) is 26.0. The van der Waals surface area contributed by atoms with Gasteiger partial charge in [-0.1, -0.05) is 48.2 Å². The van der Waals surface area contributed by atoms with E-state index >= 15 is 0 Å². The topological polar surface area (TPSA) is 102 Å². The minimum absolute atomic E-state index is 0.298. The van der Waals surface area contributed by atoms with Crippen molar-refractivity contribution in [2.45, 2.75) is 30.9 Å². The molecule has 0 aliphatic rings. The fourth-order valence-corrected chi connectivity index (χ4v) is 4.95. The summed E-state index contributed by atoms with van der Waals surface area (Å²) in [5.41, 5.74) is 2.60. The Hall–Kier alpha value is -4.05. The Morgan fingerprint density at radius 1 is 1.00 bits per heavy atom. The zero-order valence-electron chi connectivity index (χ0n) is 20.9. The van der Waals surface area contributed by atoms with Gasteiger partial charge in [0.1, 0.15) is 23.4 Å². The molecule has 3 aromatic carbocycles. The van der Waals surface area contributed by atoms with E-state index in [0.29, 0.717) is 35.7 Å². The molecule has 192 valence electrons. The first-order chi connectivity index (χ1) is 18.0. The molecule has 4 aromatic rings. The monoisotopic (exact) mass is 520 g/mol. The van der Waals surface area contributed by atoms with E-state index in [1.54, 1.807) is 19.2 Å². The summed E-state index contributed by atoms with van der Waals surface area (Å²) in [5.74, 6) is 2.51. The van der Waals surface area contributed by atoms with E-state index in [1.807, 2.05) is 79.1 Å². The molecule has 0 aliphatic heterocycles. The normalized spacial score (nSPS) is 11.6. The summed E-state index contributed by atoms with van der Waals surface area (Å²) >= 11 is 1.28. The second kappa shape index (κ2) is 12.3. The van der Waals surface area contributed by atoms with Crippen LogP contribution in [-0.4, -0.2) is 39.9 Å². The van der Waals surface area contributed by atoms with Gasteiger partial charge in [0, 0.05) is 10.6 Å². The number of hydrogen-bond donors (Lipinski definition) is 0. The molecule has 0 bridgehead atoms. The molecule has 0 unspecified atom stereocenters. The second-order valence-electron chi connectivity index (χ2n) is 8.10. The van der Waals surface area contributed by atoms with Crippen molar-refractivity contribution in [1.82, 2.24) is 14.8 Å². The lowest BCUT2D eigenvalue weighted by Crippen LogP contribution is -2.11. The molecule has 0 radical (unpaired) electrons. The van der Waals surface area contributed by atoms with Crippen LogP contribution in [0.1, 0.15) is 29.1 Å². The zero-order valence-corrected chi connectivity index (χ0v) is 21.7. The Kier molecular flexibility index (Phi) is 8.63. The van der Waals surface area contributed by atoms with Crippen molar-refractivity contribution in [3.05, 3.63) is 99.9 Å². The predicted octanol–water partition coefficient (Wildman–Crippen LogP) is 5.67. The minimum Gasteiger partial charge on any atom is -0.494 e. The summed E-state index contributed by atoms with van der Waals surface area (Å²) < 4.78 is 18.9. The van der Waals surface area contributed by atoms with Gasteiger partial charge in [-0.25, -0.2) is 0 Å². The summed E-state index contributed by atoms with van der Waals surface area (Å²) in [5, 5.41) is 20.2. The van der Waals surface area contributed by atoms with Crippen LogP contribution in [0, 0.1) is 17.0 Å². The summed E-state index contributed by atoms with van der Waals surface area (Å²) in [7, 11) is 1.55. The van der Waals surface area contributed by atoms with Gasteiger partial charge in [-0.2, -0.15) is 0 Å². The standard InChI is InChI=1S/C27H28N4O5S/c1-4-35-23-13-11-22(12-14-23)31-19(2)28-29-27(31)37-26(17-30(32)33)21-10-15-24(25(16-21)34-3)36-18-20-8-6-5-7-9-20/h5-16,26H,4,17-18H2,1-3H3/t26-/m1/s1. The van der Waals surface area contributed by atoms with Crippen molar-refractivity contribution in [2.75, 3.05) is 20.3 Å². The number of rotatable bonds is 12. The molecule has 0 saturated carbocycles. The van der Waals surface area contributed by atoms with Gasteiger partial charge in [0.15, 0.2) is 16.7 Å². The number of ether oxygens (including phenoxy) is 3. The fourth-order valence-electron chi connectivity index (χ4n) is 3.79. The number of aromatic nitrogens is 3. The van der Waals surface area contributed by atoms with E-state index in [0.717, 1.165) is 22.6 Å². The van der Waals surface area contributed by atoms with E-state index in [9.17, 15) is 10.1 Å². The quantitative estimate of drug-likeness (QED) is 0.134. The van der Waals surface area contributed by atoms with Gasteiger partial charge >= 0.3 is 0 Å². The van der Waals surface area contributed by atoms with Crippen molar-refractivity contribution in [2.24, 2.45) is 0 Å². The van der Waals surface area contributed by atoms with Gasteiger partial charge in [-0.05, 0) is 61.4 Å². The molecule has 0 N–H and O–H groups in total. The molecular formula is C27H28N4O5S. The number of nitrogens with zero attached hydrogens (tertiary/aromatic N) is 4. The molecule has 37 heavy (non-hydrogen) atoms. The number of aryl methyl sites for hydroxylation is 1. The van der Waals surface area contributed by atoms with Gasteiger partial charge in [0.25, 0.3) is 0 Å². The molecule has 0 spiro atoms. The van der Waals surface area contributed by atoms with Crippen LogP contribution >= 0.6 is 11.8 Å². The lowest BCUT2D eigenvalue weighted by Gasteiger charge is -2.17. The van der Waals surface area contributed by atoms with Crippen LogP contribution in [0.25, 0.3) is 5.69 Å². The van der Waals surface area contributed by atoms with Gasteiger partial charge in [0.2, 0.25) is 6.54 Å². The molecule has 9 nitrogen and oxygen atoms in total. The first-order valence-corrected chi connectivity index (χ1v) is 12.6. The number of hydrogen-bond acceptors (Lipinski definition) is 8. The molecule has 0 saturated heterocycles. The maximum Gasteiger partial charge on any atom is 0.220 e. The summed E-state index contributed by atoms with van der Waals surface area (Å²) in [4.78, 5) is 11.3. The van der Waals surface area contributed by atoms with E-state index in [4.69, 9.17) is 14.2 Å². The Morgan fingerprint density at radius 2 is 1.76 bits per heavy atom. The summed E-state index contributed by atoms with van der Waals surface area (Å²) in [6, 6.07) is 22.8. The Labute approximate surface area is 219 Å². The number of methoxy groups -OCH3 is 1. The molecule has 0 fully saturated rings.